The van der Waals surface area contributed by atoms with Gasteiger partial charge in [-0.2, -0.15) is 5.26 Å². The van der Waals surface area contributed by atoms with E-state index in [1.54, 1.807) is 30.3 Å². The average Bonchev–Trinajstić information content (AvgIpc) is 3.11. The van der Waals surface area contributed by atoms with Crippen molar-refractivity contribution in [2.45, 2.75) is 35.9 Å². The highest BCUT2D eigenvalue weighted by molar-refractivity contribution is 6.54. The number of hydrogen-bond acceptors (Lipinski definition) is 3. The van der Waals surface area contributed by atoms with Crippen LogP contribution in [0.2, 0.25) is 20.1 Å². The maximum absolute atomic E-state index is 13.0. The van der Waals surface area contributed by atoms with E-state index in [9.17, 15) is 9.59 Å². The van der Waals surface area contributed by atoms with Crippen LogP contribution in [0.5, 0.6) is 0 Å². The molecule has 1 amide bonds. The highest BCUT2D eigenvalue weighted by atomic mass is 35.5. The standard InChI is InChI=1S/C24H18Cl6N2O2/c25-16-4-3-14(9-15(16)19(33)6-11-1-2-12(5-11)10-31)32-23(34)21-20(24(21,29)30)13-7-17(26)22(28)18(27)8-13/h3-4,7-9,11-12,20-21H,1-2,5-6H2,(H,32,34). The molecular formula is C24H18Cl6N2O2. The molecule has 0 bridgehead atoms. The summed E-state index contributed by atoms with van der Waals surface area (Å²) >= 11 is 37.4. The number of amides is 1. The fourth-order valence-corrected chi connectivity index (χ4v) is 6.27. The van der Waals surface area contributed by atoms with Crippen molar-refractivity contribution in [3.63, 3.8) is 0 Å². The van der Waals surface area contributed by atoms with E-state index in [4.69, 9.17) is 74.9 Å². The van der Waals surface area contributed by atoms with Gasteiger partial charge < -0.3 is 5.32 Å². The summed E-state index contributed by atoms with van der Waals surface area (Å²) in [6.45, 7) is 0. The van der Waals surface area contributed by atoms with Gasteiger partial charge in [0.2, 0.25) is 5.91 Å². The van der Waals surface area contributed by atoms with E-state index >= 15 is 0 Å². The minimum Gasteiger partial charge on any atom is -0.326 e. The topological polar surface area (TPSA) is 70.0 Å². The highest BCUT2D eigenvalue weighted by Crippen LogP contribution is 2.65. The number of Topliss-reactive ketones (excluding diaryl/α,β-unsaturated/α-hetero) is 1. The Hall–Kier alpha value is -1.19. The van der Waals surface area contributed by atoms with E-state index in [2.05, 4.69) is 11.4 Å². The van der Waals surface area contributed by atoms with Gasteiger partial charge in [-0.25, -0.2) is 0 Å². The molecule has 0 spiro atoms. The first-order valence-corrected chi connectivity index (χ1v) is 12.8. The third-order valence-electron chi connectivity index (χ3n) is 6.43. The van der Waals surface area contributed by atoms with E-state index in [0.717, 1.165) is 12.8 Å². The van der Waals surface area contributed by atoms with Gasteiger partial charge >= 0.3 is 0 Å². The van der Waals surface area contributed by atoms with Crippen LogP contribution in [-0.4, -0.2) is 16.0 Å². The predicted octanol–water partition coefficient (Wildman–Crippen LogP) is 8.34. The lowest BCUT2D eigenvalue weighted by molar-refractivity contribution is -0.117. The second-order valence-corrected chi connectivity index (χ2v) is 11.8. The first kappa shape index (κ1) is 25.9. The van der Waals surface area contributed by atoms with Gasteiger partial charge in [0.05, 0.1) is 32.1 Å². The summed E-state index contributed by atoms with van der Waals surface area (Å²) in [5.41, 5.74) is 1.33. The zero-order valence-electron chi connectivity index (χ0n) is 17.6. The molecule has 4 atom stereocenters. The first-order valence-electron chi connectivity index (χ1n) is 10.6. The molecule has 0 heterocycles. The number of benzene rings is 2. The van der Waals surface area contributed by atoms with Crippen LogP contribution >= 0.6 is 69.6 Å². The number of rotatable bonds is 6. The maximum atomic E-state index is 13.0. The van der Waals surface area contributed by atoms with Crippen molar-refractivity contribution in [3.8, 4) is 6.07 Å². The summed E-state index contributed by atoms with van der Waals surface area (Å²) in [6, 6.07) is 10.2. The first-order chi connectivity index (χ1) is 16.0. The van der Waals surface area contributed by atoms with Crippen LogP contribution in [0.3, 0.4) is 0 Å². The van der Waals surface area contributed by atoms with E-state index < -0.39 is 22.1 Å². The van der Waals surface area contributed by atoms with Gasteiger partial charge in [-0.3, -0.25) is 9.59 Å². The summed E-state index contributed by atoms with van der Waals surface area (Å²) in [5, 5.41) is 12.9. The Morgan fingerprint density at radius 1 is 1.03 bits per heavy atom. The summed E-state index contributed by atoms with van der Waals surface area (Å²) < 4.78 is -1.35. The van der Waals surface area contributed by atoms with Crippen molar-refractivity contribution in [2.24, 2.45) is 17.8 Å². The fraction of sp³-hybridized carbons (Fsp3) is 0.375. The van der Waals surface area contributed by atoms with Gasteiger partial charge in [-0.15, -0.1) is 23.2 Å². The molecule has 0 aromatic heterocycles. The van der Waals surface area contributed by atoms with Crippen molar-refractivity contribution in [1.82, 2.24) is 0 Å². The number of nitriles is 1. The van der Waals surface area contributed by atoms with Gasteiger partial charge in [0.25, 0.3) is 0 Å². The molecular weight excluding hydrogens is 561 g/mol. The molecule has 34 heavy (non-hydrogen) atoms. The Morgan fingerprint density at radius 2 is 1.71 bits per heavy atom. The monoisotopic (exact) mass is 576 g/mol. The molecule has 178 valence electrons. The zero-order chi connectivity index (χ0) is 24.8. The molecule has 2 aliphatic rings. The van der Waals surface area contributed by atoms with Crippen LogP contribution in [0, 0.1) is 29.1 Å². The molecule has 1 N–H and O–H groups in total. The van der Waals surface area contributed by atoms with Gasteiger partial charge in [0.15, 0.2) is 5.78 Å². The molecule has 2 aromatic rings. The van der Waals surface area contributed by atoms with Crippen LogP contribution in [0.25, 0.3) is 0 Å². The van der Waals surface area contributed by atoms with Crippen LogP contribution in [-0.2, 0) is 4.79 Å². The molecule has 0 saturated heterocycles. The number of carbonyl (C=O) groups is 2. The number of halogens is 6. The van der Waals surface area contributed by atoms with E-state index in [-0.39, 0.29) is 32.7 Å². The normalized spacial score (nSPS) is 25.0. The number of hydrogen-bond donors (Lipinski definition) is 1. The Kier molecular flexibility index (Phi) is 7.65. The van der Waals surface area contributed by atoms with Crippen LogP contribution in [0.4, 0.5) is 5.69 Å². The van der Waals surface area contributed by atoms with E-state index in [1.165, 1.54) is 0 Å². The highest BCUT2D eigenvalue weighted by Gasteiger charge is 2.67. The largest absolute Gasteiger partial charge is 0.326 e. The van der Waals surface area contributed by atoms with Gasteiger partial charge in [-0.1, -0.05) is 46.4 Å². The number of ketones is 1. The van der Waals surface area contributed by atoms with Crippen molar-refractivity contribution < 1.29 is 9.59 Å². The Bertz CT molecular complexity index is 1190. The molecule has 0 aliphatic heterocycles. The summed E-state index contributed by atoms with van der Waals surface area (Å²) in [7, 11) is 0. The number of nitrogens with one attached hydrogen (secondary N) is 1. The van der Waals surface area contributed by atoms with Gasteiger partial charge in [0.1, 0.15) is 4.33 Å². The molecule has 4 unspecified atom stereocenters. The quantitative estimate of drug-likeness (QED) is 0.213. The van der Waals surface area contributed by atoms with Crippen molar-refractivity contribution in [1.29, 1.82) is 5.26 Å². The van der Waals surface area contributed by atoms with Gasteiger partial charge in [0, 0.05) is 29.5 Å². The van der Waals surface area contributed by atoms with Gasteiger partial charge in [-0.05, 0) is 61.1 Å². The molecule has 4 nitrogen and oxygen atoms in total. The molecule has 2 fully saturated rings. The second kappa shape index (κ2) is 10.1. The number of alkyl halides is 2. The SMILES string of the molecule is N#CC1CCC(CC(=O)c2cc(NC(=O)C3C(c4cc(Cl)c(Cl)c(Cl)c4)C3(Cl)Cl)ccc2Cl)C1. The molecule has 2 aliphatic carbocycles. The molecule has 0 radical (unpaired) electrons. The van der Waals surface area contributed by atoms with Crippen LogP contribution < -0.4 is 5.32 Å². The maximum Gasteiger partial charge on any atom is 0.231 e. The smallest absolute Gasteiger partial charge is 0.231 e. The third-order valence-corrected chi connectivity index (χ3v) is 8.90. The van der Waals surface area contributed by atoms with E-state index in [0.29, 0.717) is 34.7 Å². The number of carbonyl (C=O) groups excluding carboxylic acids is 2. The zero-order valence-corrected chi connectivity index (χ0v) is 22.1. The number of anilines is 1. The van der Waals surface area contributed by atoms with Crippen molar-refractivity contribution in [3.05, 3.63) is 61.5 Å². The Morgan fingerprint density at radius 3 is 2.32 bits per heavy atom. The Labute approximate surface area is 227 Å². The van der Waals surface area contributed by atoms with Crippen LogP contribution in [0.1, 0.15) is 47.5 Å². The minimum atomic E-state index is -1.35. The van der Waals surface area contributed by atoms with Crippen molar-refractivity contribution >= 4 is 87.0 Å². The van der Waals surface area contributed by atoms with E-state index in [1.807, 2.05) is 0 Å². The summed E-state index contributed by atoms with van der Waals surface area (Å²) in [6.07, 6.45) is 2.67. The molecule has 4 rings (SSSR count). The molecule has 2 aromatic carbocycles. The predicted molar refractivity (Wildman–Crippen MR) is 138 cm³/mol. The summed E-state index contributed by atoms with van der Waals surface area (Å²) in [4.78, 5) is 25.9. The molecule has 2 saturated carbocycles. The average molecular weight is 579 g/mol. The fourth-order valence-electron chi connectivity index (χ4n) is 4.61. The summed E-state index contributed by atoms with van der Waals surface area (Å²) in [5.74, 6) is -1.67. The lowest BCUT2D eigenvalue weighted by atomic mass is 9.96. The molecule has 10 heteroatoms. The second-order valence-electron chi connectivity index (χ2n) is 8.74. The number of nitrogens with zero attached hydrogens (tertiary/aromatic N) is 1. The third kappa shape index (κ3) is 5.16. The Balaban J connectivity index is 1.47. The van der Waals surface area contributed by atoms with Crippen molar-refractivity contribution in [2.75, 3.05) is 5.32 Å². The van der Waals surface area contributed by atoms with Crippen LogP contribution in [0.15, 0.2) is 30.3 Å². The lowest BCUT2D eigenvalue weighted by Crippen LogP contribution is -2.17. The minimum absolute atomic E-state index is 0.00200. The lowest BCUT2D eigenvalue weighted by Gasteiger charge is -2.12.